The van der Waals surface area contributed by atoms with Crippen LogP contribution in [0.25, 0.3) is 0 Å². The molecule has 0 aliphatic rings. The molecule has 0 bridgehead atoms. The van der Waals surface area contributed by atoms with Crippen molar-refractivity contribution >= 4 is 5.97 Å². The lowest BCUT2D eigenvalue weighted by Gasteiger charge is -2.19. The van der Waals surface area contributed by atoms with E-state index in [2.05, 4.69) is 36.5 Å². The van der Waals surface area contributed by atoms with Gasteiger partial charge in [0.15, 0.2) is 0 Å². The van der Waals surface area contributed by atoms with Crippen molar-refractivity contribution in [1.82, 2.24) is 5.32 Å². The number of rotatable bonds is 5. The van der Waals surface area contributed by atoms with Crippen LogP contribution in [0.4, 0.5) is 0 Å². The molecule has 1 aromatic rings. The first-order chi connectivity index (χ1) is 7.49. The van der Waals surface area contributed by atoms with Crippen LogP contribution in [-0.2, 0) is 4.79 Å². The summed E-state index contributed by atoms with van der Waals surface area (Å²) in [5, 5.41) is 11.9. The minimum absolute atomic E-state index is 0.0196. The van der Waals surface area contributed by atoms with Crippen LogP contribution in [0, 0.1) is 6.92 Å². The summed E-state index contributed by atoms with van der Waals surface area (Å²) < 4.78 is 0. The standard InChI is InChI=1S/C13H19NO2/c1-9-4-6-12(7-5-9)11(3)14-10(2)8-13(15)16/h4-7,10-11,14H,8H2,1-3H3,(H,15,16). The van der Waals surface area contributed by atoms with Crippen LogP contribution in [0.5, 0.6) is 0 Å². The molecule has 0 spiro atoms. The molecule has 0 heterocycles. The lowest BCUT2D eigenvalue weighted by molar-refractivity contribution is -0.137. The summed E-state index contributed by atoms with van der Waals surface area (Å²) in [6.45, 7) is 5.98. The summed E-state index contributed by atoms with van der Waals surface area (Å²) >= 11 is 0. The Kier molecular flexibility index (Phi) is 4.50. The van der Waals surface area contributed by atoms with E-state index in [0.717, 1.165) is 0 Å². The molecule has 3 heteroatoms. The monoisotopic (exact) mass is 221 g/mol. The molecule has 3 nitrogen and oxygen atoms in total. The third-order valence-electron chi connectivity index (χ3n) is 2.59. The molecule has 0 fully saturated rings. The van der Waals surface area contributed by atoms with Crippen LogP contribution in [-0.4, -0.2) is 17.1 Å². The Labute approximate surface area is 96.5 Å². The van der Waals surface area contributed by atoms with Gasteiger partial charge in [0.2, 0.25) is 0 Å². The van der Waals surface area contributed by atoms with Gasteiger partial charge in [0, 0.05) is 12.1 Å². The quantitative estimate of drug-likeness (QED) is 0.803. The molecule has 16 heavy (non-hydrogen) atoms. The van der Waals surface area contributed by atoms with E-state index in [1.165, 1.54) is 11.1 Å². The molecule has 1 aromatic carbocycles. The van der Waals surface area contributed by atoms with Crippen molar-refractivity contribution in [2.24, 2.45) is 0 Å². The van der Waals surface area contributed by atoms with E-state index in [9.17, 15) is 4.79 Å². The summed E-state index contributed by atoms with van der Waals surface area (Å²) in [5.74, 6) is -0.767. The number of aliphatic carboxylic acids is 1. The molecular weight excluding hydrogens is 202 g/mol. The van der Waals surface area contributed by atoms with Gasteiger partial charge in [-0.25, -0.2) is 0 Å². The summed E-state index contributed by atoms with van der Waals surface area (Å²) in [5.41, 5.74) is 2.41. The third kappa shape index (κ3) is 4.03. The molecule has 1 rings (SSSR count). The average Bonchev–Trinajstić information content (AvgIpc) is 2.16. The van der Waals surface area contributed by atoms with Gasteiger partial charge in [-0.05, 0) is 26.3 Å². The summed E-state index contributed by atoms with van der Waals surface area (Å²) in [6.07, 6.45) is 0.149. The Morgan fingerprint density at radius 3 is 2.38 bits per heavy atom. The van der Waals surface area contributed by atoms with Crippen molar-refractivity contribution in [3.05, 3.63) is 35.4 Å². The van der Waals surface area contributed by atoms with Gasteiger partial charge in [-0.1, -0.05) is 29.8 Å². The fraction of sp³-hybridized carbons (Fsp3) is 0.462. The number of aryl methyl sites for hydroxylation is 1. The minimum Gasteiger partial charge on any atom is -0.481 e. The van der Waals surface area contributed by atoms with Crippen molar-refractivity contribution < 1.29 is 9.90 Å². The van der Waals surface area contributed by atoms with Gasteiger partial charge < -0.3 is 10.4 Å². The van der Waals surface area contributed by atoms with Crippen LogP contribution in [0.2, 0.25) is 0 Å². The van der Waals surface area contributed by atoms with Gasteiger partial charge in [0.05, 0.1) is 6.42 Å². The van der Waals surface area contributed by atoms with Crippen LogP contribution in [0.1, 0.15) is 37.4 Å². The van der Waals surface area contributed by atoms with E-state index >= 15 is 0 Å². The highest BCUT2D eigenvalue weighted by Gasteiger charge is 2.11. The van der Waals surface area contributed by atoms with Crippen LogP contribution >= 0.6 is 0 Å². The van der Waals surface area contributed by atoms with E-state index < -0.39 is 5.97 Å². The molecule has 0 aliphatic carbocycles. The highest BCUT2D eigenvalue weighted by Crippen LogP contribution is 2.14. The van der Waals surface area contributed by atoms with Crippen molar-refractivity contribution in [1.29, 1.82) is 0 Å². The van der Waals surface area contributed by atoms with Crippen LogP contribution < -0.4 is 5.32 Å². The Balaban J connectivity index is 2.54. The topological polar surface area (TPSA) is 49.3 Å². The first-order valence-electron chi connectivity index (χ1n) is 5.53. The predicted molar refractivity (Wildman–Crippen MR) is 64.4 cm³/mol. The summed E-state index contributed by atoms with van der Waals surface area (Å²) in [4.78, 5) is 10.5. The number of nitrogens with one attached hydrogen (secondary N) is 1. The molecule has 88 valence electrons. The number of hydrogen-bond donors (Lipinski definition) is 2. The molecule has 2 unspecified atom stereocenters. The molecule has 0 amide bonds. The Morgan fingerprint density at radius 1 is 1.31 bits per heavy atom. The lowest BCUT2D eigenvalue weighted by atomic mass is 10.1. The highest BCUT2D eigenvalue weighted by molar-refractivity contribution is 5.67. The molecule has 2 atom stereocenters. The molecular formula is C13H19NO2. The number of carboxylic acids is 1. The van der Waals surface area contributed by atoms with E-state index in [1.54, 1.807) is 0 Å². The largest absolute Gasteiger partial charge is 0.481 e. The number of hydrogen-bond acceptors (Lipinski definition) is 2. The van der Waals surface area contributed by atoms with Gasteiger partial charge in [-0.15, -0.1) is 0 Å². The van der Waals surface area contributed by atoms with Crippen molar-refractivity contribution in [3.8, 4) is 0 Å². The number of carbonyl (C=O) groups is 1. The Morgan fingerprint density at radius 2 is 1.88 bits per heavy atom. The number of benzene rings is 1. The second-order valence-corrected chi connectivity index (χ2v) is 4.30. The normalized spacial score (nSPS) is 14.4. The van der Waals surface area contributed by atoms with E-state index in [-0.39, 0.29) is 18.5 Å². The Hall–Kier alpha value is -1.35. The van der Waals surface area contributed by atoms with Crippen LogP contribution in [0.3, 0.4) is 0 Å². The molecule has 0 radical (unpaired) electrons. The zero-order valence-corrected chi connectivity index (χ0v) is 10.0. The molecule has 0 aromatic heterocycles. The van der Waals surface area contributed by atoms with Gasteiger partial charge in [-0.2, -0.15) is 0 Å². The lowest BCUT2D eigenvalue weighted by Crippen LogP contribution is -2.30. The summed E-state index contributed by atoms with van der Waals surface area (Å²) in [7, 11) is 0. The minimum atomic E-state index is -0.767. The summed E-state index contributed by atoms with van der Waals surface area (Å²) in [6, 6.07) is 8.43. The second kappa shape index (κ2) is 5.66. The highest BCUT2D eigenvalue weighted by atomic mass is 16.4. The van der Waals surface area contributed by atoms with Gasteiger partial charge >= 0.3 is 5.97 Å². The fourth-order valence-corrected chi connectivity index (χ4v) is 1.70. The van der Waals surface area contributed by atoms with Gasteiger partial charge in [-0.3, -0.25) is 4.79 Å². The first-order valence-corrected chi connectivity index (χ1v) is 5.53. The van der Waals surface area contributed by atoms with E-state index in [4.69, 9.17) is 5.11 Å². The number of carboxylic acid groups (broad SMARTS) is 1. The SMILES string of the molecule is Cc1ccc(C(C)NC(C)CC(=O)O)cc1. The molecule has 0 aliphatic heterocycles. The maximum absolute atomic E-state index is 10.5. The predicted octanol–water partition coefficient (Wildman–Crippen LogP) is 2.51. The smallest absolute Gasteiger partial charge is 0.304 e. The van der Waals surface area contributed by atoms with Crippen molar-refractivity contribution in [2.75, 3.05) is 0 Å². The van der Waals surface area contributed by atoms with E-state index in [1.807, 2.05) is 13.8 Å². The molecule has 0 saturated heterocycles. The third-order valence-corrected chi connectivity index (χ3v) is 2.59. The molecule has 2 N–H and O–H groups in total. The maximum atomic E-state index is 10.5. The fourth-order valence-electron chi connectivity index (χ4n) is 1.70. The van der Waals surface area contributed by atoms with Crippen molar-refractivity contribution in [3.63, 3.8) is 0 Å². The second-order valence-electron chi connectivity index (χ2n) is 4.30. The van der Waals surface area contributed by atoms with Gasteiger partial charge in [0.25, 0.3) is 0 Å². The van der Waals surface area contributed by atoms with Crippen LogP contribution in [0.15, 0.2) is 24.3 Å². The maximum Gasteiger partial charge on any atom is 0.304 e. The van der Waals surface area contributed by atoms with Crippen molar-refractivity contribution in [2.45, 2.75) is 39.3 Å². The van der Waals surface area contributed by atoms with Gasteiger partial charge in [0.1, 0.15) is 0 Å². The van der Waals surface area contributed by atoms with E-state index in [0.29, 0.717) is 0 Å². The first kappa shape index (κ1) is 12.7. The zero-order valence-electron chi connectivity index (χ0n) is 10.0. The molecule has 0 saturated carbocycles. The average molecular weight is 221 g/mol. The zero-order chi connectivity index (χ0) is 12.1. The Bertz CT molecular complexity index is 345.